The molecule has 0 aliphatic rings. The molecule has 5 aromatic rings. The molecule has 4 aromatic heterocycles. The van der Waals surface area contributed by atoms with Gasteiger partial charge in [-0.25, -0.2) is 19.9 Å². The Morgan fingerprint density at radius 3 is 2.54 bits per heavy atom. The van der Waals surface area contributed by atoms with E-state index < -0.39 is 0 Å². The van der Waals surface area contributed by atoms with Crippen LogP contribution in [0.15, 0.2) is 70.9 Å². The van der Waals surface area contributed by atoms with E-state index in [1.165, 1.54) is 6.33 Å². The third-order valence-corrected chi connectivity index (χ3v) is 7.44. The smallest absolute Gasteiger partial charge is 0.165 e. The zero-order valence-electron chi connectivity index (χ0n) is 19.3. The summed E-state index contributed by atoms with van der Waals surface area (Å²) in [6.45, 7) is 1.38. The lowest BCUT2D eigenvalue weighted by Crippen LogP contribution is -2.22. The van der Waals surface area contributed by atoms with Crippen molar-refractivity contribution >= 4 is 49.9 Å². The fourth-order valence-electron chi connectivity index (χ4n) is 4.00. The highest BCUT2D eigenvalue weighted by Crippen LogP contribution is 2.46. The quantitative estimate of drug-likeness (QED) is 0.271. The summed E-state index contributed by atoms with van der Waals surface area (Å²) in [4.78, 5) is 21.6. The van der Waals surface area contributed by atoms with Crippen LogP contribution in [-0.2, 0) is 4.74 Å². The highest BCUT2D eigenvalue weighted by molar-refractivity contribution is 9.10. The van der Waals surface area contributed by atoms with E-state index in [1.54, 1.807) is 18.4 Å². The number of benzene rings is 1. The number of fused-ring (bicyclic) bond motifs is 1. The molecule has 0 fully saturated rings. The maximum Gasteiger partial charge on any atom is 0.165 e. The molecule has 0 aliphatic carbocycles. The van der Waals surface area contributed by atoms with Crippen molar-refractivity contribution in [1.29, 1.82) is 0 Å². The number of ether oxygens (including phenoxy) is 1. The van der Waals surface area contributed by atoms with Gasteiger partial charge in [-0.3, -0.25) is 0 Å². The summed E-state index contributed by atoms with van der Waals surface area (Å²) in [7, 11) is 3.69. The van der Waals surface area contributed by atoms with Crippen LogP contribution < -0.4 is 10.6 Å². The summed E-state index contributed by atoms with van der Waals surface area (Å²) < 4.78 is 6.20. The van der Waals surface area contributed by atoms with Crippen molar-refractivity contribution < 1.29 is 4.74 Å². The number of likely N-dealkylation sites (N-methyl/N-ethyl adjacent to an activating group) is 1. The molecule has 5 rings (SSSR count). The lowest BCUT2D eigenvalue weighted by molar-refractivity contribution is 0.206. The molecule has 0 amide bonds. The monoisotopic (exact) mass is 546 g/mol. The third-order valence-electron chi connectivity index (χ3n) is 5.73. The fourth-order valence-corrected chi connectivity index (χ4v) is 5.48. The first kappa shape index (κ1) is 23.3. The molecule has 0 saturated carbocycles. The van der Waals surface area contributed by atoms with Crippen LogP contribution in [0.3, 0.4) is 0 Å². The summed E-state index contributed by atoms with van der Waals surface area (Å²) in [5.74, 6) is 1.26. The fraction of sp³-hybridized carbons (Fsp3) is 0.154. The van der Waals surface area contributed by atoms with Crippen molar-refractivity contribution in [2.75, 3.05) is 37.9 Å². The van der Waals surface area contributed by atoms with Gasteiger partial charge in [-0.2, -0.15) is 0 Å². The minimum absolute atomic E-state index is 0.402. The Bertz CT molecular complexity index is 1470. The number of methoxy groups -OCH3 is 1. The van der Waals surface area contributed by atoms with Crippen LogP contribution in [0, 0.1) is 0 Å². The van der Waals surface area contributed by atoms with Crippen molar-refractivity contribution in [3.63, 3.8) is 0 Å². The van der Waals surface area contributed by atoms with E-state index in [2.05, 4.69) is 54.4 Å². The number of halogens is 1. The predicted octanol–water partition coefficient (Wildman–Crippen LogP) is 5.91. The molecule has 35 heavy (non-hydrogen) atoms. The van der Waals surface area contributed by atoms with E-state index in [1.807, 2.05) is 43.6 Å². The Morgan fingerprint density at radius 1 is 1.03 bits per heavy atom. The van der Waals surface area contributed by atoms with Crippen LogP contribution in [0.1, 0.15) is 0 Å². The molecular weight excluding hydrogens is 524 g/mol. The van der Waals surface area contributed by atoms with Crippen LogP contribution >= 0.6 is 27.3 Å². The van der Waals surface area contributed by atoms with E-state index in [4.69, 9.17) is 20.4 Å². The zero-order chi connectivity index (χ0) is 24.4. The molecule has 2 N–H and O–H groups in total. The molecule has 0 spiro atoms. The van der Waals surface area contributed by atoms with Crippen molar-refractivity contribution in [2.45, 2.75) is 0 Å². The molecule has 1 aromatic carbocycles. The number of hydrogen-bond donors (Lipinski definition) is 1. The molecule has 0 atom stereocenters. The average Bonchev–Trinajstić information content (AvgIpc) is 3.33. The molecule has 0 unspecified atom stereocenters. The van der Waals surface area contributed by atoms with Gasteiger partial charge in [-0.15, -0.1) is 11.3 Å². The summed E-state index contributed by atoms with van der Waals surface area (Å²) in [5, 5.41) is 2.80. The Labute approximate surface area is 215 Å². The molecule has 0 radical (unpaired) electrons. The second kappa shape index (κ2) is 10.1. The summed E-state index contributed by atoms with van der Waals surface area (Å²) in [6.07, 6.45) is 3.31. The van der Waals surface area contributed by atoms with Crippen LogP contribution in [0.4, 0.5) is 11.6 Å². The largest absolute Gasteiger partial charge is 0.383 e. The summed E-state index contributed by atoms with van der Waals surface area (Å²) in [5.41, 5.74) is 11.6. The lowest BCUT2D eigenvalue weighted by atomic mass is 9.92. The number of nitrogens with zero attached hydrogens (tertiary/aromatic N) is 5. The van der Waals surface area contributed by atoms with Gasteiger partial charge in [0.2, 0.25) is 0 Å². The molecule has 0 bridgehead atoms. The number of thiophene rings is 1. The van der Waals surface area contributed by atoms with Crippen molar-refractivity contribution in [3.05, 3.63) is 70.9 Å². The summed E-state index contributed by atoms with van der Waals surface area (Å²) >= 11 is 5.24. The zero-order valence-corrected chi connectivity index (χ0v) is 21.7. The number of nitrogens with two attached hydrogens (primary N) is 1. The Hall–Kier alpha value is -3.40. The van der Waals surface area contributed by atoms with Crippen molar-refractivity contribution in [3.8, 4) is 32.8 Å². The van der Waals surface area contributed by atoms with E-state index >= 15 is 0 Å². The predicted molar refractivity (Wildman–Crippen MR) is 147 cm³/mol. The molecule has 176 valence electrons. The van der Waals surface area contributed by atoms with Crippen LogP contribution in [-0.4, -0.2) is 47.2 Å². The van der Waals surface area contributed by atoms with E-state index in [0.717, 1.165) is 55.0 Å². The van der Waals surface area contributed by atoms with Gasteiger partial charge >= 0.3 is 0 Å². The SMILES string of the molecule is COCCN(C)c1ccc(-c2nc3ncnc(N)c3c(-c3cc(Br)cs3)c2-c2ccccc2)cn1. The van der Waals surface area contributed by atoms with Gasteiger partial charge in [0.15, 0.2) is 5.65 Å². The highest BCUT2D eigenvalue weighted by atomic mass is 79.9. The Balaban J connectivity index is 1.79. The number of pyridine rings is 2. The molecule has 0 saturated heterocycles. The number of aromatic nitrogens is 4. The number of anilines is 2. The number of rotatable bonds is 7. The first-order valence-corrected chi connectivity index (χ1v) is 12.6. The van der Waals surface area contributed by atoms with Crippen molar-refractivity contribution in [1.82, 2.24) is 19.9 Å². The van der Waals surface area contributed by atoms with Gasteiger partial charge in [-0.05, 0) is 39.7 Å². The number of hydrogen-bond acceptors (Lipinski definition) is 8. The first-order chi connectivity index (χ1) is 17.1. The van der Waals surface area contributed by atoms with E-state index in [-0.39, 0.29) is 0 Å². The van der Waals surface area contributed by atoms with Gasteiger partial charge in [0.1, 0.15) is 18.0 Å². The van der Waals surface area contributed by atoms with Crippen LogP contribution in [0.5, 0.6) is 0 Å². The Kier molecular flexibility index (Phi) is 6.72. The van der Waals surface area contributed by atoms with Crippen molar-refractivity contribution in [2.24, 2.45) is 0 Å². The van der Waals surface area contributed by atoms with Gasteiger partial charge < -0.3 is 15.4 Å². The lowest BCUT2D eigenvalue weighted by Gasteiger charge is -2.19. The second-order valence-corrected chi connectivity index (χ2v) is 9.81. The molecular formula is C26H23BrN6OS. The minimum Gasteiger partial charge on any atom is -0.383 e. The average molecular weight is 547 g/mol. The highest BCUT2D eigenvalue weighted by Gasteiger charge is 2.23. The second-order valence-electron chi connectivity index (χ2n) is 7.98. The minimum atomic E-state index is 0.402. The standard InChI is InChI=1S/C26H23BrN6OS/c1-33(10-11-34-2)20-9-8-17(13-29-20)24-21(16-6-4-3-5-7-16)22(19-12-18(27)14-35-19)23-25(28)30-15-31-26(23)32-24/h3-9,12-15H,10-11H2,1-2H3,(H2,28,30,31,32). The Morgan fingerprint density at radius 2 is 1.86 bits per heavy atom. The molecule has 7 nitrogen and oxygen atoms in total. The van der Waals surface area contributed by atoms with Crippen LogP contribution in [0.2, 0.25) is 0 Å². The van der Waals surface area contributed by atoms with Gasteiger partial charge in [-0.1, -0.05) is 30.3 Å². The normalized spacial score (nSPS) is 11.2. The molecule has 0 aliphatic heterocycles. The van der Waals surface area contributed by atoms with Gasteiger partial charge in [0.05, 0.1) is 17.7 Å². The number of nitrogen functional groups attached to an aromatic ring is 1. The van der Waals surface area contributed by atoms with Gasteiger partial charge in [0, 0.05) is 58.3 Å². The van der Waals surface area contributed by atoms with Crippen LogP contribution in [0.25, 0.3) is 43.9 Å². The molecule has 4 heterocycles. The summed E-state index contributed by atoms with van der Waals surface area (Å²) in [6, 6.07) is 16.4. The third kappa shape index (κ3) is 4.62. The maximum absolute atomic E-state index is 6.40. The maximum atomic E-state index is 6.40. The van der Waals surface area contributed by atoms with E-state index in [9.17, 15) is 0 Å². The topological polar surface area (TPSA) is 90.0 Å². The molecule has 9 heteroatoms. The first-order valence-electron chi connectivity index (χ1n) is 11.0. The van der Waals surface area contributed by atoms with E-state index in [0.29, 0.717) is 18.1 Å². The van der Waals surface area contributed by atoms with Gasteiger partial charge in [0.25, 0.3) is 0 Å².